The van der Waals surface area contributed by atoms with Crippen molar-refractivity contribution in [2.75, 3.05) is 11.9 Å². The van der Waals surface area contributed by atoms with Crippen molar-refractivity contribution in [2.45, 2.75) is 65.0 Å². The first-order valence-electron chi connectivity index (χ1n) is 8.59. The monoisotopic (exact) mass is 351 g/mol. The Labute approximate surface area is 146 Å². The number of carbonyl (C=O) groups excluding carboxylic acids is 2. The zero-order chi connectivity index (χ0) is 17.3. The van der Waals surface area contributed by atoms with Crippen LogP contribution >= 0.6 is 11.3 Å². The van der Waals surface area contributed by atoms with E-state index < -0.39 is 5.60 Å². The van der Waals surface area contributed by atoms with E-state index in [9.17, 15) is 9.59 Å². The Morgan fingerprint density at radius 1 is 1.29 bits per heavy atom. The Kier molecular flexibility index (Phi) is 4.80. The first-order valence-corrected chi connectivity index (χ1v) is 9.41. The van der Waals surface area contributed by atoms with Crippen LogP contribution in [0.4, 0.5) is 9.93 Å². The smallest absolute Gasteiger partial charge is 0.410 e. The van der Waals surface area contributed by atoms with E-state index in [4.69, 9.17) is 4.74 Å². The number of ether oxygens (including phenoxy) is 1. The molecule has 6 nitrogen and oxygen atoms in total. The fourth-order valence-corrected chi connectivity index (χ4v) is 4.15. The van der Waals surface area contributed by atoms with Gasteiger partial charge in [0.1, 0.15) is 5.60 Å². The van der Waals surface area contributed by atoms with E-state index in [0.29, 0.717) is 24.6 Å². The summed E-state index contributed by atoms with van der Waals surface area (Å²) in [6.07, 6.45) is 4.63. The van der Waals surface area contributed by atoms with Gasteiger partial charge < -0.3 is 15.0 Å². The fourth-order valence-electron chi connectivity index (χ4n) is 3.13. The molecule has 1 aliphatic carbocycles. The lowest BCUT2D eigenvalue weighted by atomic mass is 10.1. The van der Waals surface area contributed by atoms with Gasteiger partial charge >= 0.3 is 6.09 Å². The Balaban J connectivity index is 1.62. The van der Waals surface area contributed by atoms with E-state index >= 15 is 0 Å². The number of amides is 2. The molecule has 132 valence electrons. The molecule has 2 aliphatic rings. The summed E-state index contributed by atoms with van der Waals surface area (Å²) in [7, 11) is 0. The van der Waals surface area contributed by atoms with Crippen molar-refractivity contribution in [1.29, 1.82) is 0 Å². The van der Waals surface area contributed by atoms with Crippen molar-refractivity contribution in [3.63, 3.8) is 0 Å². The minimum Gasteiger partial charge on any atom is -0.444 e. The predicted molar refractivity (Wildman–Crippen MR) is 93.0 cm³/mol. The summed E-state index contributed by atoms with van der Waals surface area (Å²) in [5, 5.41) is 3.61. The predicted octanol–water partition coefficient (Wildman–Crippen LogP) is 3.57. The van der Waals surface area contributed by atoms with Crippen LogP contribution in [0.1, 0.15) is 57.0 Å². The molecule has 24 heavy (non-hydrogen) atoms. The summed E-state index contributed by atoms with van der Waals surface area (Å²) >= 11 is 1.47. The molecule has 7 heteroatoms. The number of thiazole rings is 1. The second-order valence-corrected chi connectivity index (χ2v) is 8.60. The van der Waals surface area contributed by atoms with Crippen molar-refractivity contribution in [3.05, 3.63) is 10.6 Å². The maximum absolute atomic E-state index is 12.2. The van der Waals surface area contributed by atoms with E-state index in [1.165, 1.54) is 11.3 Å². The summed E-state index contributed by atoms with van der Waals surface area (Å²) in [4.78, 5) is 31.7. The fraction of sp³-hybridized carbons (Fsp3) is 0.706. The number of carbonyl (C=O) groups is 2. The van der Waals surface area contributed by atoms with Crippen LogP contribution in [0.5, 0.6) is 0 Å². The van der Waals surface area contributed by atoms with E-state index in [-0.39, 0.29) is 17.9 Å². The Bertz CT molecular complexity index is 630. The van der Waals surface area contributed by atoms with Gasteiger partial charge in [0.2, 0.25) is 5.91 Å². The molecular formula is C17H25N3O3S. The molecule has 0 unspecified atom stereocenters. The molecule has 0 bridgehead atoms. The van der Waals surface area contributed by atoms with Gasteiger partial charge in [-0.2, -0.15) is 0 Å². The third-order valence-electron chi connectivity index (χ3n) is 4.34. The maximum Gasteiger partial charge on any atom is 0.410 e. The number of fused-ring (bicyclic) bond motifs is 1. The summed E-state index contributed by atoms with van der Waals surface area (Å²) < 4.78 is 5.43. The standard InChI is InChI=1S/C17H25N3O3S/c1-17(2,3)23-16(22)20-9-8-12-13(10-20)24-15(18-12)19-14(21)11-6-4-5-7-11/h11H,4-10H2,1-3H3,(H,18,19,21). The van der Waals surface area contributed by atoms with E-state index in [0.717, 1.165) is 36.3 Å². The van der Waals surface area contributed by atoms with Crippen LogP contribution in [-0.4, -0.2) is 34.0 Å². The number of hydrogen-bond acceptors (Lipinski definition) is 5. The lowest BCUT2D eigenvalue weighted by Gasteiger charge is -2.29. The van der Waals surface area contributed by atoms with Crippen LogP contribution < -0.4 is 5.32 Å². The summed E-state index contributed by atoms with van der Waals surface area (Å²) in [6, 6.07) is 0. The molecular weight excluding hydrogens is 326 g/mol. The first-order chi connectivity index (χ1) is 11.3. The van der Waals surface area contributed by atoms with Crippen molar-refractivity contribution in [2.24, 2.45) is 5.92 Å². The first kappa shape index (κ1) is 17.2. The zero-order valence-electron chi connectivity index (χ0n) is 14.6. The molecule has 1 aromatic heterocycles. The quantitative estimate of drug-likeness (QED) is 0.884. The van der Waals surface area contributed by atoms with Gasteiger partial charge in [0, 0.05) is 23.8 Å². The Hall–Kier alpha value is -1.63. The lowest BCUT2D eigenvalue weighted by molar-refractivity contribution is -0.119. The molecule has 1 aromatic rings. The molecule has 1 fully saturated rings. The number of aromatic nitrogens is 1. The van der Waals surface area contributed by atoms with Crippen molar-refractivity contribution in [1.82, 2.24) is 9.88 Å². The van der Waals surface area contributed by atoms with E-state index in [2.05, 4.69) is 10.3 Å². The van der Waals surface area contributed by atoms with Gasteiger partial charge in [-0.25, -0.2) is 9.78 Å². The van der Waals surface area contributed by atoms with Crippen molar-refractivity contribution >= 4 is 28.5 Å². The number of nitrogens with one attached hydrogen (secondary N) is 1. The second-order valence-electron chi connectivity index (χ2n) is 7.51. The molecule has 0 spiro atoms. The molecule has 1 N–H and O–H groups in total. The van der Waals surface area contributed by atoms with Gasteiger partial charge in [0.15, 0.2) is 5.13 Å². The third kappa shape index (κ3) is 4.06. The largest absolute Gasteiger partial charge is 0.444 e. The molecule has 1 saturated carbocycles. The van der Waals surface area contributed by atoms with Crippen molar-refractivity contribution in [3.8, 4) is 0 Å². The Morgan fingerprint density at radius 3 is 2.67 bits per heavy atom. The molecule has 2 heterocycles. The number of hydrogen-bond donors (Lipinski definition) is 1. The van der Waals surface area contributed by atoms with Crippen LogP contribution in [0.3, 0.4) is 0 Å². The van der Waals surface area contributed by atoms with Gasteiger partial charge in [-0.1, -0.05) is 24.2 Å². The second kappa shape index (κ2) is 6.70. The molecule has 3 rings (SSSR count). The average Bonchev–Trinajstić information content (AvgIpc) is 3.13. The highest BCUT2D eigenvalue weighted by Gasteiger charge is 2.29. The molecule has 0 radical (unpaired) electrons. The highest BCUT2D eigenvalue weighted by molar-refractivity contribution is 7.15. The highest BCUT2D eigenvalue weighted by atomic mass is 32.1. The van der Waals surface area contributed by atoms with Gasteiger partial charge in [0.05, 0.1) is 12.2 Å². The van der Waals surface area contributed by atoms with Gasteiger partial charge in [-0.05, 0) is 33.6 Å². The normalized spacial score (nSPS) is 18.4. The van der Waals surface area contributed by atoms with Gasteiger partial charge in [-0.3, -0.25) is 4.79 Å². The summed E-state index contributed by atoms with van der Waals surface area (Å²) in [5.41, 5.74) is 0.493. The topological polar surface area (TPSA) is 71.5 Å². The summed E-state index contributed by atoms with van der Waals surface area (Å²) in [5.74, 6) is 0.215. The number of rotatable bonds is 2. The van der Waals surface area contributed by atoms with E-state index in [1.54, 1.807) is 4.90 Å². The minimum atomic E-state index is -0.495. The van der Waals surface area contributed by atoms with Gasteiger partial charge in [-0.15, -0.1) is 0 Å². The summed E-state index contributed by atoms with van der Waals surface area (Å²) in [6.45, 7) is 6.69. The SMILES string of the molecule is CC(C)(C)OC(=O)N1CCc2nc(NC(=O)C3CCCC3)sc2C1. The maximum atomic E-state index is 12.2. The van der Waals surface area contributed by atoms with Crippen LogP contribution in [0.2, 0.25) is 0 Å². The van der Waals surface area contributed by atoms with Crippen LogP contribution in [0.25, 0.3) is 0 Å². The molecule has 0 aromatic carbocycles. The van der Waals surface area contributed by atoms with Crippen LogP contribution in [-0.2, 0) is 22.5 Å². The number of anilines is 1. The van der Waals surface area contributed by atoms with E-state index in [1.807, 2.05) is 20.8 Å². The number of nitrogens with zero attached hydrogens (tertiary/aromatic N) is 2. The molecule has 0 saturated heterocycles. The highest BCUT2D eigenvalue weighted by Crippen LogP contribution is 2.31. The van der Waals surface area contributed by atoms with Crippen LogP contribution in [0.15, 0.2) is 0 Å². The van der Waals surface area contributed by atoms with Crippen molar-refractivity contribution < 1.29 is 14.3 Å². The van der Waals surface area contributed by atoms with Gasteiger partial charge in [0.25, 0.3) is 0 Å². The molecule has 0 atom stereocenters. The van der Waals surface area contributed by atoms with Crippen LogP contribution in [0, 0.1) is 5.92 Å². The Morgan fingerprint density at radius 2 is 2.00 bits per heavy atom. The zero-order valence-corrected chi connectivity index (χ0v) is 15.4. The molecule has 1 aliphatic heterocycles. The lowest BCUT2D eigenvalue weighted by Crippen LogP contribution is -2.39. The minimum absolute atomic E-state index is 0.0857. The molecule has 2 amide bonds. The third-order valence-corrected chi connectivity index (χ3v) is 5.34. The average molecular weight is 351 g/mol.